The third-order valence-electron chi connectivity index (χ3n) is 2.51. The summed E-state index contributed by atoms with van der Waals surface area (Å²) in [6.07, 6.45) is 9.72. The summed E-state index contributed by atoms with van der Waals surface area (Å²) in [5, 5.41) is 8.42. The second kappa shape index (κ2) is 4.94. The van der Waals surface area contributed by atoms with E-state index in [2.05, 4.69) is 16.4 Å². The van der Waals surface area contributed by atoms with Crippen molar-refractivity contribution in [3.05, 3.63) is 35.9 Å². The Morgan fingerprint density at radius 1 is 1.12 bits per heavy atom. The fraction of sp³-hybridized carbons (Fsp3) is 0.455. The molecule has 2 aromatic rings. The van der Waals surface area contributed by atoms with Crippen LogP contribution in [0.15, 0.2) is 24.8 Å². The van der Waals surface area contributed by atoms with Gasteiger partial charge in [0.1, 0.15) is 0 Å². The van der Waals surface area contributed by atoms with Crippen LogP contribution in [0, 0.1) is 0 Å². The fourth-order valence-electron chi connectivity index (χ4n) is 1.67. The van der Waals surface area contributed by atoms with E-state index in [-0.39, 0.29) is 0 Å². The minimum atomic E-state index is 0.675. The van der Waals surface area contributed by atoms with E-state index in [1.165, 1.54) is 11.1 Å². The molecule has 0 aliphatic carbocycles. The average molecular weight is 219 g/mol. The van der Waals surface area contributed by atoms with E-state index in [9.17, 15) is 0 Å². The maximum Gasteiger partial charge on any atom is 0.0522 e. The number of nitrogens with two attached hydrogens (primary N) is 1. The molecule has 0 saturated carbocycles. The molecular formula is C11H17N5. The Balaban J connectivity index is 1.89. The second-order valence-electron chi connectivity index (χ2n) is 3.92. The van der Waals surface area contributed by atoms with Gasteiger partial charge in [-0.2, -0.15) is 10.2 Å². The van der Waals surface area contributed by atoms with Gasteiger partial charge in [-0.25, -0.2) is 0 Å². The normalized spacial score (nSPS) is 10.9. The highest BCUT2D eigenvalue weighted by Crippen LogP contribution is 2.02. The van der Waals surface area contributed by atoms with Crippen LogP contribution >= 0.6 is 0 Å². The molecule has 0 spiro atoms. The summed E-state index contributed by atoms with van der Waals surface area (Å²) in [4.78, 5) is 0. The summed E-state index contributed by atoms with van der Waals surface area (Å²) in [7, 11) is 1.93. The van der Waals surface area contributed by atoms with Gasteiger partial charge in [0.25, 0.3) is 0 Å². The summed E-state index contributed by atoms with van der Waals surface area (Å²) in [6, 6.07) is 0. The summed E-state index contributed by atoms with van der Waals surface area (Å²) in [6.45, 7) is 1.56. The Kier molecular flexibility index (Phi) is 3.36. The minimum Gasteiger partial charge on any atom is -0.330 e. The molecule has 0 radical (unpaired) electrons. The zero-order chi connectivity index (χ0) is 11.4. The lowest BCUT2D eigenvalue weighted by atomic mass is 10.2. The molecule has 0 saturated heterocycles. The van der Waals surface area contributed by atoms with Crippen molar-refractivity contribution in [2.45, 2.75) is 19.4 Å². The van der Waals surface area contributed by atoms with Crippen LogP contribution in [-0.2, 0) is 26.4 Å². The van der Waals surface area contributed by atoms with Gasteiger partial charge in [-0.05, 0) is 30.5 Å². The van der Waals surface area contributed by atoms with E-state index in [0.29, 0.717) is 6.54 Å². The maximum atomic E-state index is 5.49. The van der Waals surface area contributed by atoms with Gasteiger partial charge in [0.2, 0.25) is 0 Å². The molecule has 2 heterocycles. The Labute approximate surface area is 94.9 Å². The van der Waals surface area contributed by atoms with Crippen LogP contribution in [-0.4, -0.2) is 26.1 Å². The molecule has 0 unspecified atom stereocenters. The number of hydrogen-bond acceptors (Lipinski definition) is 3. The van der Waals surface area contributed by atoms with Gasteiger partial charge in [0.15, 0.2) is 0 Å². The van der Waals surface area contributed by atoms with Crippen molar-refractivity contribution in [1.29, 1.82) is 0 Å². The number of nitrogens with zero attached hydrogens (tertiary/aromatic N) is 4. The van der Waals surface area contributed by atoms with E-state index < -0.39 is 0 Å². The van der Waals surface area contributed by atoms with Crippen molar-refractivity contribution in [2.75, 3.05) is 6.54 Å². The summed E-state index contributed by atoms with van der Waals surface area (Å²) >= 11 is 0. The van der Waals surface area contributed by atoms with Crippen molar-refractivity contribution >= 4 is 0 Å². The molecule has 0 aromatic carbocycles. The number of rotatable bonds is 5. The molecule has 0 amide bonds. The molecule has 0 aliphatic heterocycles. The second-order valence-corrected chi connectivity index (χ2v) is 3.92. The van der Waals surface area contributed by atoms with E-state index in [0.717, 1.165) is 19.4 Å². The van der Waals surface area contributed by atoms with E-state index in [1.807, 2.05) is 35.0 Å². The van der Waals surface area contributed by atoms with E-state index in [1.54, 1.807) is 0 Å². The Bertz CT molecular complexity index is 443. The van der Waals surface area contributed by atoms with Crippen molar-refractivity contribution < 1.29 is 0 Å². The molecule has 0 fully saturated rings. The highest BCUT2D eigenvalue weighted by Gasteiger charge is 2.00. The van der Waals surface area contributed by atoms with Crippen molar-refractivity contribution in [1.82, 2.24) is 19.6 Å². The number of hydrogen-bond donors (Lipinski definition) is 1. The fourth-order valence-corrected chi connectivity index (χ4v) is 1.67. The summed E-state index contributed by atoms with van der Waals surface area (Å²) < 4.78 is 3.77. The zero-order valence-corrected chi connectivity index (χ0v) is 9.50. The first-order valence-electron chi connectivity index (χ1n) is 5.47. The van der Waals surface area contributed by atoms with Crippen LogP contribution in [0.3, 0.4) is 0 Å². The standard InChI is InChI=1S/C11H17N5/c1-15-8-11(6-13-15)3-5-16-9-10(2-4-12)7-14-16/h6-9H,2-5,12H2,1H3. The number of aromatic nitrogens is 4. The maximum absolute atomic E-state index is 5.49. The molecule has 2 N–H and O–H groups in total. The molecular weight excluding hydrogens is 202 g/mol. The predicted molar refractivity (Wildman–Crippen MR) is 61.9 cm³/mol. The Morgan fingerprint density at radius 2 is 1.88 bits per heavy atom. The smallest absolute Gasteiger partial charge is 0.0522 e. The highest BCUT2D eigenvalue weighted by atomic mass is 15.3. The monoisotopic (exact) mass is 219 g/mol. The van der Waals surface area contributed by atoms with Gasteiger partial charge in [-0.3, -0.25) is 9.36 Å². The number of aryl methyl sites for hydroxylation is 3. The van der Waals surface area contributed by atoms with E-state index >= 15 is 0 Å². The molecule has 0 bridgehead atoms. The zero-order valence-electron chi connectivity index (χ0n) is 9.50. The SMILES string of the molecule is Cn1cc(CCn2cc(CCN)cn2)cn1. The molecule has 5 heteroatoms. The lowest BCUT2D eigenvalue weighted by molar-refractivity contribution is 0.614. The Hall–Kier alpha value is -1.62. The molecule has 0 aliphatic rings. The molecule has 2 rings (SSSR count). The van der Waals surface area contributed by atoms with Gasteiger partial charge in [-0.15, -0.1) is 0 Å². The van der Waals surface area contributed by atoms with Crippen molar-refractivity contribution in [3.8, 4) is 0 Å². The summed E-state index contributed by atoms with van der Waals surface area (Å²) in [5.74, 6) is 0. The molecule has 0 atom stereocenters. The predicted octanol–water partition coefficient (Wildman–Crippen LogP) is 0.360. The van der Waals surface area contributed by atoms with Crippen LogP contribution in [0.25, 0.3) is 0 Å². The highest BCUT2D eigenvalue weighted by molar-refractivity contribution is 5.06. The third-order valence-corrected chi connectivity index (χ3v) is 2.51. The third kappa shape index (κ3) is 2.70. The van der Waals surface area contributed by atoms with Gasteiger partial charge >= 0.3 is 0 Å². The minimum absolute atomic E-state index is 0.675. The lowest BCUT2D eigenvalue weighted by Crippen LogP contribution is -2.03. The van der Waals surface area contributed by atoms with Gasteiger partial charge in [0.05, 0.1) is 12.4 Å². The van der Waals surface area contributed by atoms with Crippen molar-refractivity contribution in [2.24, 2.45) is 12.8 Å². The van der Waals surface area contributed by atoms with Gasteiger partial charge in [-0.1, -0.05) is 0 Å². The van der Waals surface area contributed by atoms with Crippen LogP contribution in [0.4, 0.5) is 0 Å². The van der Waals surface area contributed by atoms with Crippen LogP contribution < -0.4 is 5.73 Å². The summed E-state index contributed by atoms with van der Waals surface area (Å²) in [5.41, 5.74) is 7.93. The van der Waals surface area contributed by atoms with Gasteiger partial charge < -0.3 is 5.73 Å². The molecule has 86 valence electrons. The van der Waals surface area contributed by atoms with Crippen LogP contribution in [0.2, 0.25) is 0 Å². The quantitative estimate of drug-likeness (QED) is 0.790. The van der Waals surface area contributed by atoms with Crippen LogP contribution in [0.1, 0.15) is 11.1 Å². The first-order chi connectivity index (χ1) is 7.78. The first-order valence-corrected chi connectivity index (χ1v) is 5.47. The Morgan fingerprint density at radius 3 is 2.56 bits per heavy atom. The van der Waals surface area contributed by atoms with Crippen LogP contribution in [0.5, 0.6) is 0 Å². The lowest BCUT2D eigenvalue weighted by Gasteiger charge is -1.98. The topological polar surface area (TPSA) is 61.7 Å². The van der Waals surface area contributed by atoms with Gasteiger partial charge in [0, 0.05) is 26.0 Å². The van der Waals surface area contributed by atoms with Crippen molar-refractivity contribution in [3.63, 3.8) is 0 Å². The first kappa shape index (κ1) is 10.9. The largest absolute Gasteiger partial charge is 0.330 e. The van der Waals surface area contributed by atoms with E-state index in [4.69, 9.17) is 5.73 Å². The molecule has 5 nitrogen and oxygen atoms in total. The molecule has 16 heavy (non-hydrogen) atoms. The molecule has 2 aromatic heterocycles. The average Bonchev–Trinajstić information content (AvgIpc) is 2.85.